The number of likely N-dealkylation sites (N-methyl/N-ethyl adjacent to an activating group) is 1. The first-order valence-electron chi connectivity index (χ1n) is 6.87. The number of hydrogen-bond donors (Lipinski definition) is 1. The zero-order chi connectivity index (χ0) is 14.3. The first-order chi connectivity index (χ1) is 9.21. The number of nitrogens with zero attached hydrogens (tertiary/aromatic N) is 1. The first-order valence-corrected chi connectivity index (χ1v) is 6.87. The van der Waals surface area contributed by atoms with Gasteiger partial charge in [-0.15, -0.1) is 0 Å². The Morgan fingerprint density at radius 3 is 2.42 bits per heavy atom. The summed E-state index contributed by atoms with van der Waals surface area (Å²) in [7, 11) is 3.36. The van der Waals surface area contributed by atoms with Gasteiger partial charge in [0.1, 0.15) is 11.5 Å². The number of nitrogens with two attached hydrogens (primary N) is 1. The van der Waals surface area contributed by atoms with Crippen LogP contribution >= 0.6 is 0 Å². The van der Waals surface area contributed by atoms with Crippen molar-refractivity contribution in [3.63, 3.8) is 0 Å². The number of hydrogen-bond acceptors (Lipinski definition) is 4. The lowest BCUT2D eigenvalue weighted by Crippen LogP contribution is -2.34. The Bertz CT molecular complexity index is 382. The highest BCUT2D eigenvalue weighted by atomic mass is 16.5. The van der Waals surface area contributed by atoms with Gasteiger partial charge in [-0.05, 0) is 37.7 Å². The molecule has 0 saturated carbocycles. The van der Waals surface area contributed by atoms with Crippen molar-refractivity contribution in [3.8, 4) is 11.5 Å². The van der Waals surface area contributed by atoms with Gasteiger partial charge in [0, 0.05) is 12.1 Å². The average Bonchev–Trinajstić information content (AvgIpc) is 2.46. The maximum Gasteiger partial charge on any atom is 0.123 e. The summed E-state index contributed by atoms with van der Waals surface area (Å²) in [5.41, 5.74) is 7.09. The van der Waals surface area contributed by atoms with Gasteiger partial charge >= 0.3 is 0 Å². The third-order valence-electron chi connectivity index (χ3n) is 3.38. The van der Waals surface area contributed by atoms with Crippen molar-refractivity contribution in [2.75, 3.05) is 33.9 Å². The van der Waals surface area contributed by atoms with Gasteiger partial charge in [-0.2, -0.15) is 0 Å². The third-order valence-corrected chi connectivity index (χ3v) is 3.38. The Morgan fingerprint density at radius 1 is 1.21 bits per heavy atom. The van der Waals surface area contributed by atoms with Crippen molar-refractivity contribution in [2.45, 2.75) is 26.3 Å². The number of ether oxygens (including phenoxy) is 2. The van der Waals surface area contributed by atoms with Crippen molar-refractivity contribution in [2.24, 2.45) is 5.73 Å². The van der Waals surface area contributed by atoms with Crippen molar-refractivity contribution in [1.82, 2.24) is 4.90 Å². The predicted octanol–water partition coefficient (Wildman–Crippen LogP) is 2.44. The maximum atomic E-state index is 5.99. The molecule has 0 fully saturated rings. The normalized spacial score (nSPS) is 12.5. The minimum absolute atomic E-state index is 0.162. The van der Waals surface area contributed by atoms with Crippen LogP contribution in [0.2, 0.25) is 0 Å². The van der Waals surface area contributed by atoms with Gasteiger partial charge in [-0.3, -0.25) is 4.90 Å². The molecule has 1 aromatic rings. The van der Waals surface area contributed by atoms with E-state index in [0.717, 1.165) is 36.6 Å². The van der Waals surface area contributed by atoms with Crippen LogP contribution in [0.3, 0.4) is 0 Å². The molecule has 0 radical (unpaired) electrons. The lowest BCUT2D eigenvalue weighted by molar-refractivity contribution is 0.208. The molecule has 1 rings (SSSR count). The van der Waals surface area contributed by atoms with E-state index in [0.29, 0.717) is 6.54 Å². The van der Waals surface area contributed by atoms with E-state index >= 15 is 0 Å². The van der Waals surface area contributed by atoms with Crippen LogP contribution in [0.1, 0.15) is 31.9 Å². The molecule has 0 spiro atoms. The second-order valence-electron chi connectivity index (χ2n) is 4.49. The molecule has 108 valence electrons. The van der Waals surface area contributed by atoms with E-state index in [1.807, 2.05) is 18.2 Å². The minimum Gasteiger partial charge on any atom is -0.497 e. The van der Waals surface area contributed by atoms with Crippen molar-refractivity contribution in [1.29, 1.82) is 0 Å². The number of methoxy groups -OCH3 is 2. The highest BCUT2D eigenvalue weighted by molar-refractivity contribution is 5.42. The molecule has 4 nitrogen and oxygen atoms in total. The molecular formula is C15H26N2O2. The summed E-state index contributed by atoms with van der Waals surface area (Å²) in [6.45, 7) is 6.90. The second kappa shape index (κ2) is 8.02. The van der Waals surface area contributed by atoms with Gasteiger partial charge in [0.15, 0.2) is 0 Å². The van der Waals surface area contributed by atoms with E-state index in [9.17, 15) is 0 Å². The zero-order valence-electron chi connectivity index (χ0n) is 12.5. The van der Waals surface area contributed by atoms with Crippen LogP contribution < -0.4 is 15.2 Å². The molecule has 0 aliphatic rings. The lowest BCUT2D eigenvalue weighted by atomic mass is 10.0. The Morgan fingerprint density at radius 2 is 1.95 bits per heavy atom. The standard InChI is InChI=1S/C15H26N2O2/c1-5-9-17(6-2)14(11-16)13-10-12(18-3)7-8-15(13)19-4/h7-8,10,14H,5-6,9,11,16H2,1-4H3. The van der Waals surface area contributed by atoms with Crippen LogP contribution in [0.15, 0.2) is 18.2 Å². The molecule has 1 aromatic carbocycles. The van der Waals surface area contributed by atoms with E-state index in [1.54, 1.807) is 14.2 Å². The summed E-state index contributed by atoms with van der Waals surface area (Å²) in [5, 5.41) is 0. The fraction of sp³-hybridized carbons (Fsp3) is 0.600. The Kier molecular flexibility index (Phi) is 6.67. The number of benzene rings is 1. The zero-order valence-corrected chi connectivity index (χ0v) is 12.5. The molecule has 19 heavy (non-hydrogen) atoms. The van der Waals surface area contributed by atoms with Crippen molar-refractivity contribution in [3.05, 3.63) is 23.8 Å². The summed E-state index contributed by atoms with van der Waals surface area (Å²) in [4.78, 5) is 2.37. The van der Waals surface area contributed by atoms with E-state index in [1.165, 1.54) is 0 Å². The topological polar surface area (TPSA) is 47.7 Å². The largest absolute Gasteiger partial charge is 0.497 e. The van der Waals surface area contributed by atoms with Crippen LogP contribution in [-0.2, 0) is 0 Å². The van der Waals surface area contributed by atoms with Crippen LogP contribution in [0, 0.1) is 0 Å². The Hall–Kier alpha value is -1.26. The van der Waals surface area contributed by atoms with E-state index < -0.39 is 0 Å². The Labute approximate surface area is 116 Å². The molecule has 0 aliphatic carbocycles. The van der Waals surface area contributed by atoms with Gasteiger partial charge in [-0.1, -0.05) is 13.8 Å². The fourth-order valence-corrected chi connectivity index (χ4v) is 2.39. The van der Waals surface area contributed by atoms with Crippen LogP contribution in [0.25, 0.3) is 0 Å². The van der Waals surface area contributed by atoms with Gasteiger partial charge in [-0.25, -0.2) is 0 Å². The van der Waals surface area contributed by atoms with Crippen molar-refractivity contribution < 1.29 is 9.47 Å². The van der Waals surface area contributed by atoms with Gasteiger partial charge < -0.3 is 15.2 Å². The SMILES string of the molecule is CCCN(CC)C(CN)c1cc(OC)ccc1OC. The third kappa shape index (κ3) is 3.85. The monoisotopic (exact) mass is 266 g/mol. The molecule has 0 heterocycles. The van der Waals surface area contributed by atoms with Crippen LogP contribution in [-0.4, -0.2) is 38.8 Å². The minimum atomic E-state index is 0.162. The summed E-state index contributed by atoms with van der Waals surface area (Å²) < 4.78 is 10.8. The van der Waals surface area contributed by atoms with E-state index in [-0.39, 0.29) is 6.04 Å². The van der Waals surface area contributed by atoms with E-state index in [4.69, 9.17) is 15.2 Å². The maximum absolute atomic E-state index is 5.99. The van der Waals surface area contributed by atoms with Gasteiger partial charge in [0.25, 0.3) is 0 Å². The molecule has 0 aromatic heterocycles. The highest BCUT2D eigenvalue weighted by Gasteiger charge is 2.21. The summed E-state index contributed by atoms with van der Waals surface area (Å²) in [6.07, 6.45) is 1.11. The molecule has 0 amide bonds. The average molecular weight is 266 g/mol. The first kappa shape index (κ1) is 15.8. The summed E-state index contributed by atoms with van der Waals surface area (Å²) in [6, 6.07) is 6.03. The molecule has 2 N–H and O–H groups in total. The fourth-order valence-electron chi connectivity index (χ4n) is 2.39. The van der Waals surface area contributed by atoms with Gasteiger partial charge in [0.05, 0.1) is 20.3 Å². The molecule has 1 unspecified atom stereocenters. The van der Waals surface area contributed by atoms with Crippen LogP contribution in [0.4, 0.5) is 0 Å². The molecule has 0 bridgehead atoms. The lowest BCUT2D eigenvalue weighted by Gasteiger charge is -2.31. The molecular weight excluding hydrogens is 240 g/mol. The predicted molar refractivity (Wildman–Crippen MR) is 78.9 cm³/mol. The number of rotatable bonds is 8. The van der Waals surface area contributed by atoms with Gasteiger partial charge in [0.2, 0.25) is 0 Å². The molecule has 0 aliphatic heterocycles. The smallest absolute Gasteiger partial charge is 0.123 e. The summed E-state index contributed by atoms with van der Waals surface area (Å²) in [5.74, 6) is 1.70. The van der Waals surface area contributed by atoms with Crippen molar-refractivity contribution >= 4 is 0 Å². The molecule has 1 atom stereocenters. The Balaban J connectivity index is 3.13. The quantitative estimate of drug-likeness (QED) is 0.785. The highest BCUT2D eigenvalue weighted by Crippen LogP contribution is 2.32. The van der Waals surface area contributed by atoms with Crippen LogP contribution in [0.5, 0.6) is 11.5 Å². The molecule has 4 heteroatoms. The van der Waals surface area contributed by atoms with E-state index in [2.05, 4.69) is 18.7 Å². The summed E-state index contributed by atoms with van der Waals surface area (Å²) >= 11 is 0. The second-order valence-corrected chi connectivity index (χ2v) is 4.49. The molecule has 0 saturated heterocycles.